The predicted molar refractivity (Wildman–Crippen MR) is 150 cm³/mol. The number of methoxy groups -OCH3 is 1. The van der Waals surface area contributed by atoms with Gasteiger partial charge < -0.3 is 20.1 Å². The van der Waals surface area contributed by atoms with E-state index < -0.39 is 13.0 Å². The van der Waals surface area contributed by atoms with E-state index in [2.05, 4.69) is 45.3 Å². The highest BCUT2D eigenvalue weighted by molar-refractivity contribution is 6.76. The van der Waals surface area contributed by atoms with Crippen LogP contribution in [0.3, 0.4) is 0 Å². The van der Waals surface area contributed by atoms with E-state index >= 15 is 0 Å². The normalized spacial score (nSPS) is 11.3. The van der Waals surface area contributed by atoms with Crippen molar-refractivity contribution in [2.75, 3.05) is 24.4 Å². The van der Waals surface area contributed by atoms with Gasteiger partial charge in [-0.1, -0.05) is 31.8 Å². The van der Waals surface area contributed by atoms with Gasteiger partial charge >= 0.3 is 0 Å². The zero-order chi connectivity index (χ0) is 27.1. The molecule has 4 rings (SSSR count). The molecule has 2 aromatic carbocycles. The van der Waals surface area contributed by atoms with Crippen molar-refractivity contribution in [2.45, 2.75) is 32.4 Å². The van der Waals surface area contributed by atoms with Crippen LogP contribution in [0.4, 0.5) is 28.8 Å². The highest BCUT2D eigenvalue weighted by Crippen LogP contribution is 2.31. The molecule has 0 amide bonds. The first-order valence-corrected chi connectivity index (χ1v) is 15.8. The lowest BCUT2D eigenvalue weighted by atomic mass is 10.1. The Morgan fingerprint density at radius 2 is 1.84 bits per heavy atom. The minimum absolute atomic E-state index is 0.136. The summed E-state index contributed by atoms with van der Waals surface area (Å²) in [5.41, 5.74) is 2.99. The molecule has 4 aromatic rings. The zero-order valence-electron chi connectivity index (χ0n) is 21.8. The van der Waals surface area contributed by atoms with Crippen molar-refractivity contribution in [2.24, 2.45) is 0 Å². The van der Waals surface area contributed by atoms with Crippen LogP contribution in [0.5, 0.6) is 5.75 Å². The fourth-order valence-corrected chi connectivity index (χ4v) is 4.27. The second-order valence-electron chi connectivity index (χ2n) is 9.85. The van der Waals surface area contributed by atoms with E-state index in [0.29, 0.717) is 18.3 Å². The topological polar surface area (TPSA) is 129 Å². The minimum atomic E-state index is -1.11. The molecule has 0 saturated carbocycles. The molecule has 0 fully saturated rings. The number of ether oxygens (including phenoxy) is 2. The van der Waals surface area contributed by atoms with E-state index in [4.69, 9.17) is 9.47 Å². The van der Waals surface area contributed by atoms with Gasteiger partial charge in [0.15, 0.2) is 0 Å². The Hall–Kier alpha value is -4.29. The molecule has 0 bridgehead atoms. The Bertz CT molecular complexity index is 1390. The highest BCUT2D eigenvalue weighted by Gasteiger charge is 2.16. The maximum atomic E-state index is 11.5. The molecule has 12 heteroatoms. The van der Waals surface area contributed by atoms with E-state index in [-0.39, 0.29) is 17.3 Å². The molecule has 2 heterocycles. The van der Waals surface area contributed by atoms with Gasteiger partial charge in [-0.05, 0) is 41.9 Å². The van der Waals surface area contributed by atoms with Gasteiger partial charge in [-0.25, -0.2) is 9.67 Å². The second kappa shape index (κ2) is 11.8. The van der Waals surface area contributed by atoms with Gasteiger partial charge in [0.05, 0.1) is 24.3 Å². The monoisotopic (exact) mass is 533 g/mol. The number of aromatic nitrogens is 4. The maximum Gasteiger partial charge on any atom is 0.296 e. The van der Waals surface area contributed by atoms with Gasteiger partial charge in [-0.15, -0.1) is 0 Å². The standard InChI is InChI=1S/C26H31N7O4Si/c1-36-22-9-10-23(24(15-22)33(34)35)30-26-27-12-11-25(31-26)29-21-7-5-19(6-8-21)20-16-28-32(17-20)18-37-13-14-38(2,3)4/h5-12,15-17H,13-14,18H2,1-4H3,(H2,27,29,30,31). The third kappa shape index (κ3) is 7.37. The van der Waals surface area contributed by atoms with Crippen LogP contribution in [-0.4, -0.2) is 46.5 Å². The summed E-state index contributed by atoms with van der Waals surface area (Å²) in [4.78, 5) is 19.6. The van der Waals surface area contributed by atoms with Crippen LogP contribution in [0.15, 0.2) is 67.1 Å². The van der Waals surface area contributed by atoms with Crippen molar-refractivity contribution in [3.63, 3.8) is 0 Å². The minimum Gasteiger partial charge on any atom is -0.496 e. The van der Waals surface area contributed by atoms with E-state index in [1.54, 1.807) is 29.1 Å². The molecule has 2 N–H and O–H groups in total. The van der Waals surface area contributed by atoms with Crippen molar-refractivity contribution in [1.29, 1.82) is 0 Å². The summed E-state index contributed by atoms with van der Waals surface area (Å²) in [5, 5.41) is 22.0. The predicted octanol–water partition coefficient (Wildman–Crippen LogP) is 6.06. The number of hydrogen-bond donors (Lipinski definition) is 2. The van der Waals surface area contributed by atoms with E-state index in [1.807, 2.05) is 36.7 Å². The molecule has 0 aliphatic heterocycles. The Morgan fingerprint density at radius 3 is 2.55 bits per heavy atom. The highest BCUT2D eigenvalue weighted by atomic mass is 28.3. The summed E-state index contributed by atoms with van der Waals surface area (Å²) in [6, 6.07) is 15.3. The van der Waals surface area contributed by atoms with Gasteiger partial charge in [0, 0.05) is 38.3 Å². The lowest BCUT2D eigenvalue weighted by Gasteiger charge is -2.15. The molecule has 0 atom stereocenters. The fourth-order valence-electron chi connectivity index (χ4n) is 3.52. The molecule has 0 aliphatic carbocycles. The lowest BCUT2D eigenvalue weighted by molar-refractivity contribution is -0.384. The lowest BCUT2D eigenvalue weighted by Crippen LogP contribution is -2.22. The largest absolute Gasteiger partial charge is 0.496 e. The number of nitrogens with one attached hydrogen (secondary N) is 2. The zero-order valence-corrected chi connectivity index (χ0v) is 22.8. The molecule has 0 saturated heterocycles. The Morgan fingerprint density at radius 1 is 1.05 bits per heavy atom. The number of rotatable bonds is 12. The maximum absolute atomic E-state index is 11.5. The molecule has 0 radical (unpaired) electrons. The van der Waals surface area contributed by atoms with Crippen LogP contribution < -0.4 is 15.4 Å². The summed E-state index contributed by atoms with van der Waals surface area (Å²) >= 11 is 0. The molecule has 2 aromatic heterocycles. The molecule has 0 unspecified atom stereocenters. The average Bonchev–Trinajstić information content (AvgIpc) is 3.36. The fraction of sp³-hybridized carbons (Fsp3) is 0.269. The smallest absolute Gasteiger partial charge is 0.296 e. The van der Waals surface area contributed by atoms with Crippen LogP contribution in [-0.2, 0) is 11.5 Å². The van der Waals surface area contributed by atoms with Crippen molar-refractivity contribution in [3.8, 4) is 16.9 Å². The molecular formula is C26H31N7O4Si. The summed E-state index contributed by atoms with van der Waals surface area (Å²) in [7, 11) is 0.346. The van der Waals surface area contributed by atoms with Gasteiger partial charge in [0.2, 0.25) is 5.95 Å². The molecule has 11 nitrogen and oxygen atoms in total. The quantitative estimate of drug-likeness (QED) is 0.0966. The summed E-state index contributed by atoms with van der Waals surface area (Å²) in [6.07, 6.45) is 5.37. The van der Waals surface area contributed by atoms with Crippen LogP contribution in [0.25, 0.3) is 11.1 Å². The van der Waals surface area contributed by atoms with Crippen molar-refractivity contribution >= 4 is 36.9 Å². The van der Waals surface area contributed by atoms with E-state index in [9.17, 15) is 10.1 Å². The Balaban J connectivity index is 1.38. The summed E-state index contributed by atoms with van der Waals surface area (Å²) in [6.45, 7) is 8.19. The Kier molecular flexibility index (Phi) is 8.34. The number of anilines is 4. The average molecular weight is 534 g/mol. The number of nitrogens with zero attached hydrogens (tertiary/aromatic N) is 5. The van der Waals surface area contributed by atoms with Crippen molar-refractivity contribution < 1.29 is 14.4 Å². The van der Waals surface area contributed by atoms with E-state index in [1.165, 1.54) is 13.2 Å². The molecule has 0 aliphatic rings. The molecule has 198 valence electrons. The Labute approximate surface area is 222 Å². The SMILES string of the molecule is COc1ccc(Nc2nccc(Nc3ccc(-c4cnn(COCC[Si](C)(C)C)c4)cc3)n2)c([N+](=O)[O-])c1. The van der Waals surface area contributed by atoms with Crippen LogP contribution in [0.1, 0.15) is 0 Å². The summed E-state index contributed by atoms with van der Waals surface area (Å²) in [5.74, 6) is 1.15. The van der Waals surface area contributed by atoms with Crippen molar-refractivity contribution in [3.05, 3.63) is 77.2 Å². The number of nitro groups is 1. The van der Waals surface area contributed by atoms with Crippen molar-refractivity contribution in [1.82, 2.24) is 19.7 Å². The van der Waals surface area contributed by atoms with Crippen LogP contribution >= 0.6 is 0 Å². The molecule has 38 heavy (non-hydrogen) atoms. The van der Waals surface area contributed by atoms with Crippen LogP contribution in [0, 0.1) is 10.1 Å². The van der Waals surface area contributed by atoms with Gasteiger partial charge in [-0.3, -0.25) is 10.1 Å². The number of benzene rings is 2. The second-order valence-corrected chi connectivity index (χ2v) is 15.5. The number of hydrogen-bond acceptors (Lipinski definition) is 9. The molecule has 0 spiro atoms. The third-order valence-electron chi connectivity index (χ3n) is 5.65. The first-order chi connectivity index (χ1) is 18.2. The third-order valence-corrected chi connectivity index (χ3v) is 7.35. The molecular weight excluding hydrogens is 502 g/mol. The van der Waals surface area contributed by atoms with E-state index in [0.717, 1.165) is 29.5 Å². The first-order valence-electron chi connectivity index (χ1n) is 12.1. The number of nitro benzene ring substituents is 1. The summed E-state index contributed by atoms with van der Waals surface area (Å²) < 4.78 is 12.7. The van der Waals surface area contributed by atoms with Crippen LogP contribution in [0.2, 0.25) is 25.7 Å². The van der Waals surface area contributed by atoms with Gasteiger partial charge in [0.1, 0.15) is 24.0 Å². The first kappa shape index (κ1) is 26.8. The van der Waals surface area contributed by atoms with Gasteiger partial charge in [0.25, 0.3) is 5.69 Å². The van der Waals surface area contributed by atoms with Gasteiger partial charge in [-0.2, -0.15) is 10.1 Å².